The molecule has 0 N–H and O–H groups in total. The van der Waals surface area contributed by atoms with Crippen LogP contribution in [0, 0.1) is 5.92 Å². The fraction of sp³-hybridized carbons (Fsp3) is 1.00. The van der Waals surface area contributed by atoms with Crippen molar-refractivity contribution in [2.45, 2.75) is 72.6 Å². The van der Waals surface area contributed by atoms with Crippen LogP contribution in [-0.4, -0.2) is 43.8 Å². The summed E-state index contributed by atoms with van der Waals surface area (Å²) in [4.78, 5) is 0. The van der Waals surface area contributed by atoms with Crippen molar-refractivity contribution in [2.24, 2.45) is 5.92 Å². The molecule has 0 aromatic rings. The summed E-state index contributed by atoms with van der Waals surface area (Å²) >= 11 is 0. The average Bonchev–Trinajstić information content (AvgIpc) is 2.23. The topological polar surface area (TPSA) is 27.7 Å². The summed E-state index contributed by atoms with van der Waals surface area (Å²) in [6.45, 7) is 10.4. The van der Waals surface area contributed by atoms with E-state index in [1.807, 2.05) is 34.6 Å². The van der Waals surface area contributed by atoms with E-state index in [2.05, 4.69) is 0 Å². The lowest BCUT2D eigenvalue weighted by molar-refractivity contribution is -0.191. The van der Waals surface area contributed by atoms with Crippen molar-refractivity contribution in [3.8, 4) is 0 Å². The van der Waals surface area contributed by atoms with Crippen LogP contribution in [-0.2, 0) is 14.2 Å². The van der Waals surface area contributed by atoms with Gasteiger partial charge in [0.1, 0.15) is 18.4 Å². The minimum atomic E-state index is -0.980. The van der Waals surface area contributed by atoms with Crippen molar-refractivity contribution in [1.29, 1.82) is 0 Å². The average molecular weight is 264 g/mol. The van der Waals surface area contributed by atoms with Crippen molar-refractivity contribution in [2.75, 3.05) is 13.2 Å². The highest BCUT2D eigenvalue weighted by Gasteiger charge is 2.40. The first-order valence-electron chi connectivity index (χ1n) is 6.44. The summed E-state index contributed by atoms with van der Waals surface area (Å²) in [7, 11) is 0. The minimum Gasteiger partial charge on any atom is -0.376 e. The zero-order chi connectivity index (χ0) is 13.0. The third-order valence-electron chi connectivity index (χ3n) is 2.82. The SMILES string of the molecule is C.CC(C)OC[C@H]1OC[C@@H](C)[C@H](F)[C@@H]1OC(C)C. The molecule has 4 atom stereocenters. The van der Waals surface area contributed by atoms with Gasteiger partial charge in [0, 0.05) is 5.92 Å². The maximum atomic E-state index is 14.1. The second-order valence-electron chi connectivity index (χ2n) is 5.33. The van der Waals surface area contributed by atoms with E-state index >= 15 is 0 Å². The largest absolute Gasteiger partial charge is 0.376 e. The number of alkyl halides is 1. The molecule has 0 bridgehead atoms. The molecule has 0 amide bonds. The van der Waals surface area contributed by atoms with Gasteiger partial charge in [0.15, 0.2) is 0 Å². The Morgan fingerprint density at radius 3 is 2.33 bits per heavy atom. The van der Waals surface area contributed by atoms with E-state index in [4.69, 9.17) is 14.2 Å². The van der Waals surface area contributed by atoms with Gasteiger partial charge in [-0.3, -0.25) is 0 Å². The smallest absolute Gasteiger partial charge is 0.134 e. The summed E-state index contributed by atoms with van der Waals surface area (Å²) in [5.41, 5.74) is 0. The van der Waals surface area contributed by atoms with Gasteiger partial charge in [0.25, 0.3) is 0 Å². The van der Waals surface area contributed by atoms with E-state index in [0.29, 0.717) is 13.2 Å². The molecule has 0 unspecified atom stereocenters. The van der Waals surface area contributed by atoms with Crippen LogP contribution in [0.3, 0.4) is 0 Å². The molecule has 1 fully saturated rings. The molecule has 1 aliphatic heterocycles. The first kappa shape index (κ1) is 17.8. The minimum absolute atomic E-state index is 0. The normalized spacial score (nSPS) is 32.7. The molecule has 0 aromatic carbocycles. The molecule has 0 aromatic heterocycles. The molecular weight excluding hydrogens is 235 g/mol. The molecule has 0 aliphatic carbocycles. The van der Waals surface area contributed by atoms with Crippen molar-refractivity contribution in [3.05, 3.63) is 0 Å². The maximum absolute atomic E-state index is 14.1. The summed E-state index contributed by atoms with van der Waals surface area (Å²) in [6, 6.07) is 0. The highest BCUT2D eigenvalue weighted by atomic mass is 19.1. The molecule has 0 radical (unpaired) electrons. The van der Waals surface area contributed by atoms with Crippen molar-refractivity contribution in [1.82, 2.24) is 0 Å². The van der Waals surface area contributed by atoms with Gasteiger partial charge < -0.3 is 14.2 Å². The fourth-order valence-electron chi connectivity index (χ4n) is 1.90. The number of hydrogen-bond acceptors (Lipinski definition) is 3. The molecule has 18 heavy (non-hydrogen) atoms. The van der Waals surface area contributed by atoms with Gasteiger partial charge in [-0.25, -0.2) is 4.39 Å². The van der Waals surface area contributed by atoms with Crippen LogP contribution in [0.2, 0.25) is 0 Å². The van der Waals surface area contributed by atoms with Crippen LogP contribution < -0.4 is 0 Å². The third-order valence-corrected chi connectivity index (χ3v) is 2.82. The Morgan fingerprint density at radius 2 is 1.83 bits per heavy atom. The van der Waals surface area contributed by atoms with Crippen molar-refractivity contribution >= 4 is 0 Å². The van der Waals surface area contributed by atoms with Crippen LogP contribution in [0.1, 0.15) is 42.0 Å². The molecule has 0 saturated carbocycles. The Morgan fingerprint density at radius 1 is 1.22 bits per heavy atom. The van der Waals surface area contributed by atoms with Gasteiger partial charge in [-0.05, 0) is 27.7 Å². The standard InChI is InChI=1S/C13H25FO3.CH4/c1-8(2)15-7-11-13(17-9(3)4)12(14)10(5)6-16-11;/h8-13H,6-7H2,1-5H3;1H4/t10-,11-,12+,13-;/m1./s1. The fourth-order valence-corrected chi connectivity index (χ4v) is 1.90. The molecule has 4 heteroatoms. The third kappa shape index (κ3) is 5.21. The first-order chi connectivity index (χ1) is 7.91. The monoisotopic (exact) mass is 264 g/mol. The number of ether oxygens (including phenoxy) is 3. The van der Waals surface area contributed by atoms with Gasteiger partial charge in [-0.2, -0.15) is 0 Å². The van der Waals surface area contributed by atoms with E-state index in [1.165, 1.54) is 0 Å². The van der Waals surface area contributed by atoms with Gasteiger partial charge in [-0.1, -0.05) is 14.4 Å². The predicted molar refractivity (Wildman–Crippen MR) is 71.6 cm³/mol. The molecule has 110 valence electrons. The Bertz CT molecular complexity index is 221. The summed E-state index contributed by atoms with van der Waals surface area (Å²) in [5, 5.41) is 0. The van der Waals surface area contributed by atoms with Gasteiger partial charge >= 0.3 is 0 Å². The van der Waals surface area contributed by atoms with E-state index in [-0.39, 0.29) is 31.7 Å². The number of hydrogen-bond donors (Lipinski definition) is 0. The van der Waals surface area contributed by atoms with Crippen LogP contribution >= 0.6 is 0 Å². The number of halogens is 1. The quantitative estimate of drug-likeness (QED) is 0.763. The lowest BCUT2D eigenvalue weighted by Gasteiger charge is -2.38. The predicted octanol–water partition coefficient (Wildman–Crippen LogP) is 3.21. The highest BCUT2D eigenvalue weighted by Crippen LogP contribution is 2.26. The second kappa shape index (κ2) is 8.08. The van der Waals surface area contributed by atoms with Crippen LogP contribution in [0.5, 0.6) is 0 Å². The van der Waals surface area contributed by atoms with Crippen molar-refractivity contribution < 1.29 is 18.6 Å². The Kier molecular flexibility index (Phi) is 7.99. The Hall–Kier alpha value is -0.190. The molecule has 3 nitrogen and oxygen atoms in total. The molecule has 1 saturated heterocycles. The highest BCUT2D eigenvalue weighted by molar-refractivity contribution is 4.87. The van der Waals surface area contributed by atoms with Crippen LogP contribution in [0.15, 0.2) is 0 Å². The van der Waals surface area contributed by atoms with E-state index < -0.39 is 12.3 Å². The van der Waals surface area contributed by atoms with Crippen molar-refractivity contribution in [3.63, 3.8) is 0 Å². The maximum Gasteiger partial charge on any atom is 0.134 e. The summed E-state index contributed by atoms with van der Waals surface area (Å²) < 4.78 is 30.9. The molecule has 0 spiro atoms. The summed E-state index contributed by atoms with van der Waals surface area (Å²) in [6.07, 6.45) is -1.68. The van der Waals surface area contributed by atoms with Crippen LogP contribution in [0.4, 0.5) is 4.39 Å². The molecular formula is C14H29FO3. The van der Waals surface area contributed by atoms with Gasteiger partial charge in [0.2, 0.25) is 0 Å². The molecule has 1 heterocycles. The van der Waals surface area contributed by atoms with E-state index in [0.717, 1.165) is 0 Å². The lowest BCUT2D eigenvalue weighted by Crippen LogP contribution is -2.51. The molecule has 1 rings (SSSR count). The van der Waals surface area contributed by atoms with Crippen LogP contribution in [0.25, 0.3) is 0 Å². The second-order valence-corrected chi connectivity index (χ2v) is 5.33. The zero-order valence-corrected chi connectivity index (χ0v) is 11.5. The Labute approximate surface area is 111 Å². The first-order valence-corrected chi connectivity index (χ1v) is 6.44. The van der Waals surface area contributed by atoms with Gasteiger partial charge in [-0.15, -0.1) is 0 Å². The zero-order valence-electron chi connectivity index (χ0n) is 11.5. The van der Waals surface area contributed by atoms with E-state index in [1.54, 1.807) is 0 Å². The van der Waals surface area contributed by atoms with E-state index in [9.17, 15) is 4.39 Å². The van der Waals surface area contributed by atoms with Gasteiger partial charge in [0.05, 0.1) is 25.4 Å². The molecule has 1 aliphatic rings. The number of rotatable bonds is 5. The Balaban J connectivity index is 0.00000289. The lowest BCUT2D eigenvalue weighted by atomic mass is 9.95. The summed E-state index contributed by atoms with van der Waals surface area (Å²) in [5.74, 6) is -0.117.